The van der Waals surface area contributed by atoms with Crippen LogP contribution < -0.4 is 0 Å². The molecule has 93 heavy (non-hydrogen) atoms. The summed E-state index contributed by atoms with van der Waals surface area (Å²) in [5.74, 6) is -2.03. The number of allylic oxidation sites excluding steroid dienone is 30. The number of nitrogens with zero attached hydrogens (tertiary/aromatic N) is 1. The molecule has 0 heterocycles. The van der Waals surface area contributed by atoms with Crippen LogP contribution in [0.3, 0.4) is 0 Å². The van der Waals surface area contributed by atoms with Crippen molar-refractivity contribution in [2.45, 2.75) is 283 Å². The Morgan fingerprint density at radius 1 is 0.323 bits per heavy atom. The van der Waals surface area contributed by atoms with Crippen LogP contribution in [0.25, 0.3) is 0 Å². The van der Waals surface area contributed by atoms with Gasteiger partial charge < -0.3 is 28.5 Å². The molecule has 0 bridgehead atoms. The molecular weight excluding hydrogens is 1150 g/mol. The normalized spacial score (nSPS) is 13.8. The molecule has 0 saturated carbocycles. The first-order valence-corrected chi connectivity index (χ1v) is 36.9. The van der Waals surface area contributed by atoms with E-state index in [2.05, 4.69) is 196 Å². The molecule has 0 aromatic heterocycles. The van der Waals surface area contributed by atoms with Crippen LogP contribution in [0.15, 0.2) is 182 Å². The Balaban J connectivity index is 4.16. The molecule has 0 rings (SSSR count). The molecule has 2 atom stereocenters. The largest absolute Gasteiger partial charge is 0.477 e. The lowest BCUT2D eigenvalue weighted by Gasteiger charge is -2.25. The Kier molecular flexibility index (Phi) is 67.9. The van der Waals surface area contributed by atoms with E-state index in [1.165, 1.54) is 83.5 Å². The van der Waals surface area contributed by atoms with Crippen LogP contribution in [0.1, 0.15) is 271 Å². The SMILES string of the molecule is CC/C=C\C/C=C\C/C=C\C/C=C\C/C=C\C/C=C\C/C=C\C/C=C\C/C=C\CCCCCCCCCCCCCC(=O)OC(COC(=O)CCCCCCCCCCCC/C=C\C/C=C\C/C=C\C/C=C\C/C=C\C/C=C\CC)COC(OCC[N+](C)(C)C)C(=O)O. The van der Waals surface area contributed by atoms with Gasteiger partial charge in [-0.15, -0.1) is 0 Å². The summed E-state index contributed by atoms with van der Waals surface area (Å²) in [6.45, 7) is 4.63. The summed E-state index contributed by atoms with van der Waals surface area (Å²) in [7, 11) is 5.97. The first-order chi connectivity index (χ1) is 45.6. The third-order valence-electron chi connectivity index (χ3n) is 15.2. The highest BCUT2D eigenvalue weighted by Crippen LogP contribution is 2.16. The average Bonchev–Trinajstić information content (AvgIpc) is 3.38. The quantitative estimate of drug-likeness (QED) is 0.0211. The number of carboxylic acids is 1. The molecule has 0 aliphatic heterocycles. The van der Waals surface area contributed by atoms with Crippen LogP contribution in [0.4, 0.5) is 0 Å². The second-order valence-corrected chi connectivity index (χ2v) is 25.1. The van der Waals surface area contributed by atoms with Crippen molar-refractivity contribution in [2.24, 2.45) is 0 Å². The number of carbonyl (C=O) groups is 3. The van der Waals surface area contributed by atoms with Crippen LogP contribution in [-0.2, 0) is 33.3 Å². The van der Waals surface area contributed by atoms with Gasteiger partial charge in [-0.05, 0) is 135 Å². The fraction of sp³-hybridized carbons (Fsp3) is 0.607. The number of likely N-dealkylation sites (N-methyl/N-ethyl adjacent to an activating group) is 1. The molecule has 0 spiro atoms. The molecule has 0 radical (unpaired) electrons. The number of carboxylic acid groups (broad SMARTS) is 1. The number of hydrogen-bond donors (Lipinski definition) is 1. The predicted molar refractivity (Wildman–Crippen MR) is 400 cm³/mol. The summed E-state index contributed by atoms with van der Waals surface area (Å²) < 4.78 is 23.0. The van der Waals surface area contributed by atoms with Gasteiger partial charge in [0.05, 0.1) is 34.4 Å². The van der Waals surface area contributed by atoms with Crippen molar-refractivity contribution in [3.8, 4) is 0 Å². The minimum atomic E-state index is -1.52. The predicted octanol–water partition coefficient (Wildman–Crippen LogP) is 23.6. The highest BCUT2D eigenvalue weighted by Gasteiger charge is 2.25. The van der Waals surface area contributed by atoms with Crippen molar-refractivity contribution in [3.63, 3.8) is 0 Å². The van der Waals surface area contributed by atoms with Crippen LogP contribution in [-0.4, -0.2) is 87.4 Å². The van der Waals surface area contributed by atoms with E-state index < -0.39 is 24.3 Å². The first-order valence-electron chi connectivity index (χ1n) is 36.9. The third-order valence-corrected chi connectivity index (χ3v) is 15.2. The number of unbranched alkanes of at least 4 members (excludes halogenated alkanes) is 21. The van der Waals surface area contributed by atoms with Gasteiger partial charge in [0.25, 0.3) is 6.29 Å². The number of carbonyl (C=O) groups excluding carboxylic acids is 2. The number of rotatable bonds is 66. The minimum absolute atomic E-state index is 0.178. The molecule has 0 aromatic rings. The van der Waals surface area contributed by atoms with Gasteiger partial charge in [0.2, 0.25) is 0 Å². The lowest BCUT2D eigenvalue weighted by Crippen LogP contribution is -2.40. The molecule has 0 aromatic carbocycles. The molecule has 524 valence electrons. The smallest absolute Gasteiger partial charge is 0.361 e. The van der Waals surface area contributed by atoms with Crippen molar-refractivity contribution in [1.82, 2.24) is 0 Å². The van der Waals surface area contributed by atoms with Crippen LogP contribution in [0, 0.1) is 0 Å². The molecule has 0 aliphatic rings. The molecule has 9 nitrogen and oxygen atoms in total. The van der Waals surface area contributed by atoms with E-state index >= 15 is 0 Å². The fourth-order valence-electron chi connectivity index (χ4n) is 9.60. The zero-order valence-electron chi connectivity index (χ0n) is 59.8. The molecule has 0 amide bonds. The molecule has 0 aliphatic carbocycles. The topological polar surface area (TPSA) is 108 Å². The van der Waals surface area contributed by atoms with E-state index in [4.69, 9.17) is 18.9 Å². The molecular formula is C84H136NO8+. The number of quaternary nitrogens is 1. The Bertz CT molecular complexity index is 2190. The number of aliphatic carboxylic acids is 1. The second kappa shape index (κ2) is 72.2. The van der Waals surface area contributed by atoms with E-state index in [9.17, 15) is 19.5 Å². The number of ether oxygens (including phenoxy) is 4. The van der Waals surface area contributed by atoms with Crippen molar-refractivity contribution < 1.29 is 42.9 Å². The van der Waals surface area contributed by atoms with E-state index in [1.54, 1.807) is 0 Å². The minimum Gasteiger partial charge on any atom is -0.477 e. The maximum Gasteiger partial charge on any atom is 0.361 e. The molecule has 2 unspecified atom stereocenters. The van der Waals surface area contributed by atoms with Crippen LogP contribution in [0.2, 0.25) is 0 Å². The van der Waals surface area contributed by atoms with Crippen molar-refractivity contribution >= 4 is 17.9 Å². The molecule has 0 fully saturated rings. The Labute approximate surface area is 570 Å². The van der Waals surface area contributed by atoms with E-state index in [-0.39, 0.29) is 38.6 Å². The maximum atomic E-state index is 13.0. The van der Waals surface area contributed by atoms with Gasteiger partial charge in [-0.1, -0.05) is 305 Å². The Morgan fingerprint density at radius 3 is 0.860 bits per heavy atom. The molecule has 9 heteroatoms. The first kappa shape index (κ1) is 87.4. The summed E-state index contributed by atoms with van der Waals surface area (Å²) >= 11 is 0. The average molecular weight is 1290 g/mol. The van der Waals surface area contributed by atoms with Gasteiger partial charge in [-0.25, -0.2) is 4.79 Å². The van der Waals surface area contributed by atoms with Crippen molar-refractivity contribution in [1.29, 1.82) is 0 Å². The number of esters is 2. The third kappa shape index (κ3) is 73.7. The zero-order valence-corrected chi connectivity index (χ0v) is 59.8. The molecule has 0 saturated heterocycles. The van der Waals surface area contributed by atoms with Gasteiger partial charge in [-0.3, -0.25) is 9.59 Å². The Hall–Kier alpha value is -5.61. The summed E-state index contributed by atoms with van der Waals surface area (Å²) in [6, 6.07) is 0. The van der Waals surface area contributed by atoms with Gasteiger partial charge in [-0.2, -0.15) is 0 Å². The highest BCUT2D eigenvalue weighted by atomic mass is 16.7. The summed E-state index contributed by atoms with van der Waals surface area (Å²) in [6.07, 6.45) is 107. The summed E-state index contributed by atoms with van der Waals surface area (Å²) in [5, 5.41) is 9.76. The second-order valence-electron chi connectivity index (χ2n) is 25.1. The summed E-state index contributed by atoms with van der Waals surface area (Å²) in [4.78, 5) is 37.7. The lowest BCUT2D eigenvalue weighted by atomic mass is 10.0. The van der Waals surface area contributed by atoms with E-state index in [1.807, 2.05) is 21.1 Å². The van der Waals surface area contributed by atoms with E-state index in [0.29, 0.717) is 17.4 Å². The number of hydrogen-bond acceptors (Lipinski definition) is 7. The van der Waals surface area contributed by atoms with Crippen molar-refractivity contribution in [2.75, 3.05) is 47.5 Å². The van der Waals surface area contributed by atoms with Crippen LogP contribution >= 0.6 is 0 Å². The summed E-state index contributed by atoms with van der Waals surface area (Å²) in [5.41, 5.74) is 0. The highest BCUT2D eigenvalue weighted by molar-refractivity contribution is 5.71. The monoisotopic (exact) mass is 1290 g/mol. The Morgan fingerprint density at radius 2 is 0.581 bits per heavy atom. The van der Waals surface area contributed by atoms with E-state index in [0.717, 1.165) is 154 Å². The van der Waals surface area contributed by atoms with Gasteiger partial charge in [0.15, 0.2) is 6.10 Å². The van der Waals surface area contributed by atoms with Gasteiger partial charge in [0, 0.05) is 12.8 Å². The molecule has 1 N–H and O–H groups in total. The van der Waals surface area contributed by atoms with Crippen LogP contribution in [0.5, 0.6) is 0 Å². The zero-order chi connectivity index (χ0) is 67.5. The van der Waals surface area contributed by atoms with Gasteiger partial charge in [0.1, 0.15) is 13.2 Å². The lowest BCUT2D eigenvalue weighted by molar-refractivity contribution is -0.870. The van der Waals surface area contributed by atoms with Crippen molar-refractivity contribution in [3.05, 3.63) is 182 Å². The fourth-order valence-corrected chi connectivity index (χ4v) is 9.60. The van der Waals surface area contributed by atoms with Gasteiger partial charge >= 0.3 is 17.9 Å². The standard InChI is InChI=1S/C84H135NO8/c1-6-8-10-12-14-16-18-20-22-24-26-28-30-32-34-36-37-38-39-40-41-42-43-44-45-47-49-51-53-55-57-59-61-63-65-67-69-71-73-75-82(87)93-80(79-92-84(83(88)89)90-77-76-85(3,4)5)78-91-81(86)74-72-70-68-66-64-62-60-58-56-54-52-50-48-46-35-33-31-29-27-25-23-21-19-17-15-13-11-9-7-2/h8-11,14-17,20-23,26-29,32-35,37-38,40-41,43-44,47-50,80,84H,6-7,12-13,18-19,24-25,30-31,36,39,42,45-46,51-79H2,1-5H3/p+1/b10-8-,11-9-,16-14-,17-15-,22-20-,23-21-,28-26-,29-27-,34-32-,35-33-,38-37-,41-40-,44-43-,49-47-,50-48-. The maximum absolute atomic E-state index is 13.0.